The number of nitrogens with zero attached hydrogens (tertiary/aromatic N) is 1. The molecule has 0 bridgehead atoms. The highest BCUT2D eigenvalue weighted by molar-refractivity contribution is 7.80. The summed E-state index contributed by atoms with van der Waals surface area (Å²) >= 11 is 5.86. The second-order valence-electron chi connectivity index (χ2n) is 8.57. The quantitative estimate of drug-likeness (QED) is 0.483. The smallest absolute Gasteiger partial charge is 0.253 e. The van der Waals surface area contributed by atoms with Gasteiger partial charge in [0.1, 0.15) is 0 Å². The van der Waals surface area contributed by atoms with E-state index in [1.54, 1.807) is 20.3 Å². The number of nitrogens with one attached hydrogen (secondary N) is 2. The van der Waals surface area contributed by atoms with Crippen molar-refractivity contribution in [3.63, 3.8) is 0 Å². The van der Waals surface area contributed by atoms with Crippen molar-refractivity contribution in [1.82, 2.24) is 15.2 Å². The Balaban J connectivity index is 1.62. The summed E-state index contributed by atoms with van der Waals surface area (Å²) in [5.74, 6) is 1.21. The van der Waals surface area contributed by atoms with Gasteiger partial charge in [-0.3, -0.25) is 4.79 Å². The molecule has 1 aliphatic rings. The predicted molar refractivity (Wildman–Crippen MR) is 136 cm³/mol. The van der Waals surface area contributed by atoms with E-state index in [1.807, 2.05) is 30.3 Å². The minimum Gasteiger partial charge on any atom is -0.493 e. The van der Waals surface area contributed by atoms with Crippen molar-refractivity contribution in [2.45, 2.75) is 51.2 Å². The van der Waals surface area contributed by atoms with Gasteiger partial charge in [0.2, 0.25) is 0 Å². The highest BCUT2D eigenvalue weighted by Gasteiger charge is 2.26. The molecule has 0 amide bonds. The first-order valence-electron chi connectivity index (χ1n) is 11.4. The maximum Gasteiger partial charge on any atom is 0.253 e. The number of pyridine rings is 1. The van der Waals surface area contributed by atoms with Crippen molar-refractivity contribution in [2.24, 2.45) is 0 Å². The van der Waals surface area contributed by atoms with E-state index in [2.05, 4.69) is 34.3 Å². The first-order valence-corrected chi connectivity index (χ1v) is 11.8. The Kier molecular flexibility index (Phi) is 7.18. The fourth-order valence-electron chi connectivity index (χ4n) is 4.56. The van der Waals surface area contributed by atoms with Crippen molar-refractivity contribution in [3.05, 3.63) is 70.0 Å². The standard InChI is InChI=1S/C26H31N3O3S/c1-17(18-9-5-4-6-10-18)27-26(33)29(21-11-7-8-12-21)16-20-13-19-14-23(31-2)24(32-3)15-22(19)28-25(20)30/h4-6,9-10,13-15,17,21H,7-8,11-12,16H2,1-3H3,(H,27,33)(H,28,30)/t17-/m0/s1. The Bertz CT molecular complexity index is 1170. The molecule has 0 radical (unpaired) electrons. The minimum absolute atomic E-state index is 0.0780. The zero-order chi connectivity index (χ0) is 23.4. The number of rotatable bonds is 7. The fourth-order valence-corrected chi connectivity index (χ4v) is 4.95. The third-order valence-electron chi connectivity index (χ3n) is 6.43. The normalized spacial score (nSPS) is 14.8. The zero-order valence-corrected chi connectivity index (χ0v) is 20.2. The summed E-state index contributed by atoms with van der Waals surface area (Å²) in [5.41, 5.74) is 2.46. The minimum atomic E-state index is -0.114. The van der Waals surface area contributed by atoms with Gasteiger partial charge in [-0.1, -0.05) is 43.2 Å². The third kappa shape index (κ3) is 5.14. The van der Waals surface area contributed by atoms with Crippen LogP contribution in [0.1, 0.15) is 49.8 Å². The fraction of sp³-hybridized carbons (Fsp3) is 0.385. The van der Waals surface area contributed by atoms with E-state index in [-0.39, 0.29) is 11.6 Å². The maximum absolute atomic E-state index is 13.0. The van der Waals surface area contributed by atoms with Gasteiger partial charge in [0.25, 0.3) is 5.56 Å². The van der Waals surface area contributed by atoms with Crippen LogP contribution in [-0.2, 0) is 6.54 Å². The van der Waals surface area contributed by atoms with Gasteiger partial charge >= 0.3 is 0 Å². The monoisotopic (exact) mass is 465 g/mol. The molecule has 1 heterocycles. The molecule has 1 atom stereocenters. The highest BCUT2D eigenvalue weighted by Crippen LogP contribution is 2.31. The van der Waals surface area contributed by atoms with Crippen LogP contribution >= 0.6 is 12.2 Å². The summed E-state index contributed by atoms with van der Waals surface area (Å²) in [6, 6.07) is 16.3. The molecule has 1 fully saturated rings. The lowest BCUT2D eigenvalue weighted by Crippen LogP contribution is -2.46. The average molecular weight is 466 g/mol. The molecular formula is C26H31N3O3S. The molecule has 0 unspecified atom stereocenters. The van der Waals surface area contributed by atoms with Crippen molar-refractivity contribution in [2.75, 3.05) is 14.2 Å². The van der Waals surface area contributed by atoms with Crippen LogP contribution in [0.3, 0.4) is 0 Å². The van der Waals surface area contributed by atoms with E-state index in [4.69, 9.17) is 21.7 Å². The van der Waals surface area contributed by atoms with E-state index in [0.29, 0.717) is 40.3 Å². The molecule has 1 aromatic heterocycles. The Morgan fingerprint density at radius 2 is 1.79 bits per heavy atom. The molecule has 2 N–H and O–H groups in total. The Morgan fingerprint density at radius 3 is 2.45 bits per heavy atom. The number of hydrogen-bond acceptors (Lipinski definition) is 4. The van der Waals surface area contributed by atoms with Gasteiger partial charge in [0.05, 0.1) is 32.3 Å². The number of thiocarbonyl (C=S) groups is 1. The van der Waals surface area contributed by atoms with Crippen molar-refractivity contribution in [3.8, 4) is 11.5 Å². The van der Waals surface area contributed by atoms with Gasteiger partial charge in [-0.05, 0) is 49.7 Å². The van der Waals surface area contributed by atoms with Crippen LogP contribution in [0.4, 0.5) is 0 Å². The van der Waals surface area contributed by atoms with Crippen LogP contribution in [0, 0.1) is 0 Å². The summed E-state index contributed by atoms with van der Waals surface area (Å²) in [5, 5.41) is 5.07. The zero-order valence-electron chi connectivity index (χ0n) is 19.4. The van der Waals surface area contributed by atoms with Gasteiger partial charge in [-0.25, -0.2) is 0 Å². The lowest BCUT2D eigenvalue weighted by atomic mass is 10.1. The van der Waals surface area contributed by atoms with Crippen LogP contribution in [-0.4, -0.2) is 35.3 Å². The van der Waals surface area contributed by atoms with Crippen LogP contribution in [0.5, 0.6) is 11.5 Å². The number of hydrogen-bond donors (Lipinski definition) is 2. The van der Waals surface area contributed by atoms with Gasteiger partial charge in [-0.15, -0.1) is 0 Å². The number of aromatic amines is 1. The summed E-state index contributed by atoms with van der Waals surface area (Å²) in [6.45, 7) is 2.56. The van der Waals surface area contributed by atoms with E-state index in [9.17, 15) is 4.79 Å². The van der Waals surface area contributed by atoms with Gasteiger partial charge in [-0.2, -0.15) is 0 Å². The molecule has 0 spiro atoms. The molecule has 0 saturated heterocycles. The van der Waals surface area contributed by atoms with Crippen molar-refractivity contribution < 1.29 is 9.47 Å². The van der Waals surface area contributed by atoms with Crippen LogP contribution < -0.4 is 20.3 Å². The molecule has 7 heteroatoms. The molecule has 4 rings (SSSR count). The third-order valence-corrected chi connectivity index (χ3v) is 6.78. The molecule has 174 valence electrons. The van der Waals surface area contributed by atoms with Crippen molar-refractivity contribution >= 4 is 28.2 Å². The van der Waals surface area contributed by atoms with Crippen LogP contribution in [0.25, 0.3) is 10.9 Å². The van der Waals surface area contributed by atoms with Crippen LogP contribution in [0.15, 0.2) is 53.3 Å². The predicted octanol–water partition coefficient (Wildman–Crippen LogP) is 4.93. The summed E-state index contributed by atoms with van der Waals surface area (Å²) in [6.07, 6.45) is 4.53. The van der Waals surface area contributed by atoms with Gasteiger partial charge in [0.15, 0.2) is 16.6 Å². The van der Waals surface area contributed by atoms with Crippen LogP contribution in [0.2, 0.25) is 0 Å². The van der Waals surface area contributed by atoms with E-state index < -0.39 is 0 Å². The molecular weight excluding hydrogens is 434 g/mol. The number of ether oxygens (including phenoxy) is 2. The second kappa shape index (κ2) is 10.3. The first-order chi connectivity index (χ1) is 16.0. The first kappa shape index (κ1) is 23.1. The Morgan fingerprint density at radius 1 is 1.12 bits per heavy atom. The Labute approximate surface area is 199 Å². The maximum atomic E-state index is 13.0. The second-order valence-corrected chi connectivity index (χ2v) is 8.95. The van der Waals surface area contributed by atoms with Gasteiger partial charge < -0.3 is 24.7 Å². The van der Waals surface area contributed by atoms with E-state index in [1.165, 1.54) is 18.4 Å². The molecule has 1 saturated carbocycles. The number of fused-ring (bicyclic) bond motifs is 1. The summed E-state index contributed by atoms with van der Waals surface area (Å²) in [4.78, 5) is 18.2. The number of methoxy groups -OCH3 is 2. The van der Waals surface area contributed by atoms with E-state index >= 15 is 0 Å². The summed E-state index contributed by atoms with van der Waals surface area (Å²) < 4.78 is 10.8. The molecule has 1 aliphatic carbocycles. The number of aromatic nitrogens is 1. The van der Waals surface area contributed by atoms with E-state index in [0.717, 1.165) is 18.2 Å². The molecule has 0 aliphatic heterocycles. The van der Waals surface area contributed by atoms with Crippen molar-refractivity contribution in [1.29, 1.82) is 0 Å². The molecule has 6 nitrogen and oxygen atoms in total. The highest BCUT2D eigenvalue weighted by atomic mass is 32.1. The molecule has 33 heavy (non-hydrogen) atoms. The lowest BCUT2D eigenvalue weighted by molar-refractivity contribution is 0.300. The number of benzene rings is 2. The topological polar surface area (TPSA) is 66.6 Å². The SMILES string of the molecule is COc1cc2cc(CN(C(=S)N[C@@H](C)c3ccccc3)C3CCCC3)c(=O)[nH]c2cc1OC. The average Bonchev–Trinajstić information content (AvgIpc) is 3.36. The molecule has 3 aromatic rings. The molecule has 2 aromatic carbocycles. The largest absolute Gasteiger partial charge is 0.493 e. The Hall–Kier alpha value is -3.06. The lowest BCUT2D eigenvalue weighted by Gasteiger charge is -2.33. The number of H-pyrrole nitrogens is 1. The van der Waals surface area contributed by atoms with Gasteiger partial charge in [0, 0.05) is 23.1 Å². The summed E-state index contributed by atoms with van der Waals surface area (Å²) in [7, 11) is 3.19.